The van der Waals surface area contributed by atoms with Crippen molar-refractivity contribution in [2.45, 2.75) is 38.5 Å². The largest absolute Gasteiger partial charge is 0.356 e. The van der Waals surface area contributed by atoms with Crippen molar-refractivity contribution < 1.29 is 14.0 Å². The van der Waals surface area contributed by atoms with E-state index >= 15 is 0 Å². The Kier molecular flexibility index (Phi) is 5.34. The van der Waals surface area contributed by atoms with Gasteiger partial charge in [-0.15, -0.1) is 0 Å². The number of carbonyl (C=O) groups excluding carboxylic acids is 2. The molecule has 2 N–H and O–H groups in total. The lowest BCUT2D eigenvalue weighted by Gasteiger charge is -2.13. The molecule has 2 aliphatic rings. The number of anilines is 2. The van der Waals surface area contributed by atoms with Crippen molar-refractivity contribution in [2.24, 2.45) is 18.9 Å². The average Bonchev–Trinajstić information content (AvgIpc) is 3.30. The first-order chi connectivity index (χ1) is 13.9. The minimum absolute atomic E-state index is 0.0466. The van der Waals surface area contributed by atoms with Gasteiger partial charge in [-0.25, -0.2) is 9.37 Å². The Morgan fingerprint density at radius 1 is 1.31 bits per heavy atom. The monoisotopic (exact) mass is 418 g/mol. The van der Waals surface area contributed by atoms with Crippen molar-refractivity contribution in [3.8, 4) is 0 Å². The van der Waals surface area contributed by atoms with E-state index in [-0.39, 0.29) is 16.8 Å². The van der Waals surface area contributed by atoms with Crippen LogP contribution in [0.3, 0.4) is 0 Å². The predicted molar refractivity (Wildman–Crippen MR) is 110 cm³/mol. The van der Waals surface area contributed by atoms with Crippen molar-refractivity contribution in [3.63, 3.8) is 0 Å². The van der Waals surface area contributed by atoms with E-state index < -0.39 is 5.82 Å². The van der Waals surface area contributed by atoms with Gasteiger partial charge in [0.05, 0.1) is 10.7 Å². The standard InChI is InChI=1S/C21H24ClFN4O2/c1-3-24-21-26-18(13-6-11-8-15(28)9-12(11)7-13)19(27(21)2)20(29)25-14-4-5-17(23)16(22)10-14/h4-5,10-13H,3,6-9H2,1-2H3,(H,24,26)(H,25,29). The maximum atomic E-state index is 13.4. The summed E-state index contributed by atoms with van der Waals surface area (Å²) in [6.45, 7) is 2.66. The molecule has 154 valence electrons. The van der Waals surface area contributed by atoms with Crippen LogP contribution in [0.1, 0.15) is 54.7 Å². The fourth-order valence-corrected chi connectivity index (χ4v) is 4.94. The van der Waals surface area contributed by atoms with Crippen LogP contribution in [-0.2, 0) is 11.8 Å². The summed E-state index contributed by atoms with van der Waals surface area (Å²) in [4.78, 5) is 29.6. The number of benzene rings is 1. The Morgan fingerprint density at radius 3 is 2.62 bits per heavy atom. The van der Waals surface area contributed by atoms with Crippen LogP contribution < -0.4 is 10.6 Å². The van der Waals surface area contributed by atoms with Crippen LogP contribution in [0.25, 0.3) is 0 Å². The number of carbonyl (C=O) groups is 2. The molecule has 1 aromatic carbocycles. The summed E-state index contributed by atoms with van der Waals surface area (Å²) >= 11 is 5.84. The lowest BCUT2D eigenvalue weighted by atomic mass is 9.97. The number of imidazole rings is 1. The van der Waals surface area contributed by atoms with Gasteiger partial charge in [-0.1, -0.05) is 11.6 Å². The van der Waals surface area contributed by atoms with Gasteiger partial charge in [-0.2, -0.15) is 0 Å². The number of rotatable bonds is 5. The Hall–Kier alpha value is -2.41. The van der Waals surface area contributed by atoms with Crippen LogP contribution in [0.4, 0.5) is 16.0 Å². The molecule has 29 heavy (non-hydrogen) atoms. The van der Waals surface area contributed by atoms with E-state index in [0.29, 0.717) is 54.3 Å². The second-order valence-corrected chi connectivity index (χ2v) is 8.38. The van der Waals surface area contributed by atoms with Crippen LogP contribution in [-0.4, -0.2) is 27.8 Å². The lowest BCUT2D eigenvalue weighted by molar-refractivity contribution is -0.117. The first-order valence-corrected chi connectivity index (χ1v) is 10.3. The van der Waals surface area contributed by atoms with E-state index in [2.05, 4.69) is 10.6 Å². The second kappa shape index (κ2) is 7.78. The van der Waals surface area contributed by atoms with E-state index in [4.69, 9.17) is 16.6 Å². The van der Waals surface area contributed by atoms with E-state index in [9.17, 15) is 14.0 Å². The number of hydrogen-bond acceptors (Lipinski definition) is 4. The zero-order chi connectivity index (χ0) is 20.7. The number of nitrogens with zero attached hydrogens (tertiary/aromatic N) is 2. The number of fused-ring (bicyclic) bond motifs is 1. The highest BCUT2D eigenvalue weighted by Gasteiger charge is 2.43. The van der Waals surface area contributed by atoms with Crippen LogP contribution in [0.5, 0.6) is 0 Å². The third kappa shape index (κ3) is 3.75. The number of Topliss-reactive ketones (excluding diaryl/α,β-unsaturated/α-hetero) is 1. The van der Waals surface area contributed by atoms with E-state index in [1.807, 2.05) is 6.92 Å². The van der Waals surface area contributed by atoms with E-state index in [0.717, 1.165) is 18.5 Å². The number of amides is 1. The summed E-state index contributed by atoms with van der Waals surface area (Å²) in [5.74, 6) is 1.07. The van der Waals surface area contributed by atoms with Crippen LogP contribution >= 0.6 is 11.6 Å². The summed E-state index contributed by atoms with van der Waals surface area (Å²) in [6, 6.07) is 4.09. The maximum absolute atomic E-state index is 13.4. The van der Waals surface area contributed by atoms with E-state index in [1.165, 1.54) is 18.2 Å². The molecular formula is C21H24ClFN4O2. The Morgan fingerprint density at radius 2 is 2.00 bits per heavy atom. The first kappa shape index (κ1) is 19.9. The molecule has 0 spiro atoms. The van der Waals surface area contributed by atoms with Gasteiger partial charge in [0.15, 0.2) is 0 Å². The van der Waals surface area contributed by atoms with Gasteiger partial charge in [0, 0.05) is 38.0 Å². The third-order valence-electron chi connectivity index (χ3n) is 6.06. The van der Waals surface area contributed by atoms with Crippen molar-refractivity contribution in [3.05, 3.63) is 40.4 Å². The lowest BCUT2D eigenvalue weighted by Crippen LogP contribution is -2.19. The van der Waals surface area contributed by atoms with Crippen molar-refractivity contribution in [1.82, 2.24) is 9.55 Å². The molecule has 0 saturated heterocycles. The number of halogens is 2. The summed E-state index contributed by atoms with van der Waals surface area (Å²) in [5.41, 5.74) is 1.67. The highest BCUT2D eigenvalue weighted by atomic mass is 35.5. The van der Waals surface area contributed by atoms with Gasteiger partial charge < -0.3 is 15.2 Å². The Labute approximate surface area is 173 Å². The molecule has 1 heterocycles. The fraction of sp³-hybridized carbons (Fsp3) is 0.476. The minimum Gasteiger partial charge on any atom is -0.356 e. The van der Waals surface area contributed by atoms with Gasteiger partial charge in [-0.3, -0.25) is 9.59 Å². The average molecular weight is 419 g/mol. The molecule has 0 aliphatic heterocycles. The highest BCUT2D eigenvalue weighted by molar-refractivity contribution is 6.31. The zero-order valence-corrected chi connectivity index (χ0v) is 17.2. The summed E-state index contributed by atoms with van der Waals surface area (Å²) in [6.07, 6.45) is 3.04. The Balaban J connectivity index is 1.63. The smallest absolute Gasteiger partial charge is 0.274 e. The van der Waals surface area contributed by atoms with Gasteiger partial charge in [0.25, 0.3) is 5.91 Å². The van der Waals surface area contributed by atoms with Gasteiger partial charge in [-0.05, 0) is 49.8 Å². The molecule has 1 aromatic heterocycles. The number of aromatic nitrogens is 2. The van der Waals surface area contributed by atoms with E-state index in [1.54, 1.807) is 11.6 Å². The van der Waals surface area contributed by atoms with Crippen LogP contribution in [0, 0.1) is 17.7 Å². The van der Waals surface area contributed by atoms with Crippen LogP contribution in [0.2, 0.25) is 5.02 Å². The Bertz CT molecular complexity index is 958. The molecule has 2 saturated carbocycles. The summed E-state index contributed by atoms with van der Waals surface area (Å²) in [5, 5.41) is 5.96. The summed E-state index contributed by atoms with van der Waals surface area (Å²) < 4.78 is 15.2. The topological polar surface area (TPSA) is 76.0 Å². The molecule has 2 unspecified atom stereocenters. The van der Waals surface area contributed by atoms with Gasteiger partial charge >= 0.3 is 0 Å². The normalized spacial score (nSPS) is 23.3. The molecule has 2 aliphatic carbocycles. The van der Waals surface area contributed by atoms with Gasteiger partial charge in [0.1, 0.15) is 17.3 Å². The highest BCUT2D eigenvalue weighted by Crippen LogP contribution is 2.50. The molecule has 6 nitrogen and oxygen atoms in total. The third-order valence-corrected chi connectivity index (χ3v) is 6.35. The summed E-state index contributed by atoms with van der Waals surface area (Å²) in [7, 11) is 1.81. The van der Waals surface area contributed by atoms with Crippen LogP contribution in [0.15, 0.2) is 18.2 Å². The van der Waals surface area contributed by atoms with Gasteiger partial charge in [0.2, 0.25) is 5.95 Å². The molecule has 8 heteroatoms. The first-order valence-electron chi connectivity index (χ1n) is 9.96. The molecule has 4 rings (SSSR count). The van der Waals surface area contributed by atoms with Crippen molar-refractivity contribution in [1.29, 1.82) is 0 Å². The molecule has 0 bridgehead atoms. The molecular weight excluding hydrogens is 395 g/mol. The molecule has 1 amide bonds. The predicted octanol–water partition coefficient (Wildman–Crippen LogP) is 4.37. The second-order valence-electron chi connectivity index (χ2n) is 7.98. The zero-order valence-electron chi connectivity index (χ0n) is 16.5. The molecule has 2 aromatic rings. The molecule has 2 fully saturated rings. The van der Waals surface area contributed by atoms with Crippen molar-refractivity contribution in [2.75, 3.05) is 17.2 Å². The SMILES string of the molecule is CCNc1nc(C2CC3CC(=O)CC3C2)c(C(=O)Nc2ccc(F)c(Cl)c2)n1C. The van der Waals surface area contributed by atoms with Crippen molar-refractivity contribution >= 4 is 34.9 Å². The fourth-order valence-electron chi connectivity index (χ4n) is 4.76. The molecule has 0 radical (unpaired) electrons. The number of hydrogen-bond donors (Lipinski definition) is 2. The quantitative estimate of drug-likeness (QED) is 0.756. The number of ketones is 1. The molecule has 2 atom stereocenters. The maximum Gasteiger partial charge on any atom is 0.274 e. The minimum atomic E-state index is -0.535. The number of nitrogens with one attached hydrogen (secondary N) is 2.